The molecule has 5 heteroatoms. The molecule has 0 saturated heterocycles. The minimum Gasteiger partial charge on any atom is -0.496 e. The SMILES string of the molecule is COc1c(C)cccc1[C@H](O)c1nc(-c2ccncc2)cc2ncccc12. The van der Waals surface area contributed by atoms with Crippen LogP contribution in [-0.2, 0) is 0 Å². The highest BCUT2D eigenvalue weighted by Crippen LogP contribution is 2.35. The average molecular weight is 357 g/mol. The van der Waals surface area contributed by atoms with Gasteiger partial charge in [-0.1, -0.05) is 18.2 Å². The van der Waals surface area contributed by atoms with Crippen LogP contribution < -0.4 is 4.74 Å². The molecule has 0 bridgehead atoms. The van der Waals surface area contributed by atoms with Gasteiger partial charge in [-0.2, -0.15) is 0 Å². The van der Waals surface area contributed by atoms with E-state index < -0.39 is 6.10 Å². The van der Waals surface area contributed by atoms with Crippen LogP contribution in [0.15, 0.2) is 67.1 Å². The topological polar surface area (TPSA) is 68.1 Å². The van der Waals surface area contributed by atoms with Crippen LogP contribution in [0.4, 0.5) is 0 Å². The summed E-state index contributed by atoms with van der Waals surface area (Å²) in [4.78, 5) is 13.3. The lowest BCUT2D eigenvalue weighted by Crippen LogP contribution is -2.07. The average Bonchev–Trinajstić information content (AvgIpc) is 2.73. The molecule has 0 saturated carbocycles. The molecule has 0 fully saturated rings. The van der Waals surface area contributed by atoms with Gasteiger partial charge < -0.3 is 9.84 Å². The van der Waals surface area contributed by atoms with Crippen molar-refractivity contribution >= 4 is 10.9 Å². The molecule has 3 aromatic heterocycles. The predicted octanol–water partition coefficient (Wildman–Crippen LogP) is 4.09. The molecule has 134 valence electrons. The number of aromatic nitrogens is 3. The smallest absolute Gasteiger partial charge is 0.127 e. The molecule has 0 aliphatic rings. The highest BCUT2D eigenvalue weighted by molar-refractivity contribution is 5.85. The van der Waals surface area contributed by atoms with Crippen molar-refractivity contribution in [2.45, 2.75) is 13.0 Å². The summed E-state index contributed by atoms with van der Waals surface area (Å²) in [6.07, 6.45) is 4.24. The van der Waals surface area contributed by atoms with Crippen molar-refractivity contribution in [1.82, 2.24) is 15.0 Å². The van der Waals surface area contributed by atoms with Gasteiger partial charge >= 0.3 is 0 Å². The number of methoxy groups -OCH3 is 1. The van der Waals surface area contributed by atoms with Gasteiger partial charge in [0.05, 0.1) is 24.0 Å². The van der Waals surface area contributed by atoms with E-state index in [1.165, 1.54) is 0 Å². The fourth-order valence-corrected chi connectivity index (χ4v) is 3.30. The van der Waals surface area contributed by atoms with Gasteiger partial charge in [-0.05, 0) is 42.8 Å². The summed E-state index contributed by atoms with van der Waals surface area (Å²) in [7, 11) is 1.61. The molecule has 4 rings (SSSR count). The van der Waals surface area contributed by atoms with Crippen LogP contribution in [0.5, 0.6) is 5.75 Å². The number of nitrogens with zero attached hydrogens (tertiary/aromatic N) is 3. The zero-order chi connectivity index (χ0) is 18.8. The van der Waals surface area contributed by atoms with Crippen LogP contribution >= 0.6 is 0 Å². The van der Waals surface area contributed by atoms with Gasteiger partial charge in [0.2, 0.25) is 0 Å². The Morgan fingerprint density at radius 3 is 2.59 bits per heavy atom. The predicted molar refractivity (Wildman–Crippen MR) is 105 cm³/mol. The van der Waals surface area contributed by atoms with E-state index in [0.717, 1.165) is 27.7 Å². The van der Waals surface area contributed by atoms with Crippen LogP contribution in [0.2, 0.25) is 0 Å². The first-order chi connectivity index (χ1) is 13.2. The lowest BCUT2D eigenvalue weighted by molar-refractivity contribution is 0.211. The number of benzene rings is 1. The highest BCUT2D eigenvalue weighted by atomic mass is 16.5. The third-order valence-corrected chi connectivity index (χ3v) is 4.60. The van der Waals surface area contributed by atoms with E-state index in [2.05, 4.69) is 9.97 Å². The number of rotatable bonds is 4. The molecule has 0 radical (unpaired) electrons. The Labute approximate surface area is 157 Å². The van der Waals surface area contributed by atoms with Gasteiger partial charge in [0, 0.05) is 35.1 Å². The quantitative estimate of drug-likeness (QED) is 0.596. The molecule has 3 heterocycles. The van der Waals surface area contributed by atoms with Crippen LogP contribution in [0.3, 0.4) is 0 Å². The van der Waals surface area contributed by atoms with Crippen LogP contribution in [0.1, 0.15) is 22.9 Å². The molecule has 4 aromatic rings. The molecule has 1 atom stereocenters. The summed E-state index contributed by atoms with van der Waals surface area (Å²) in [6, 6.07) is 15.2. The van der Waals surface area contributed by atoms with E-state index in [1.54, 1.807) is 25.7 Å². The summed E-state index contributed by atoms with van der Waals surface area (Å²) in [5.74, 6) is 0.665. The fourth-order valence-electron chi connectivity index (χ4n) is 3.30. The molecule has 1 N–H and O–H groups in total. The molecule has 0 spiro atoms. The second-order valence-corrected chi connectivity index (χ2v) is 6.30. The standard InChI is InChI=1S/C22H19N3O2/c1-14-5-3-6-17(22(14)27-2)21(26)20-16-7-4-10-24-19(16)13-18(25-20)15-8-11-23-12-9-15/h3-13,21,26H,1-2H3/t21-/m0/s1. The minimum atomic E-state index is -0.937. The number of para-hydroxylation sites is 1. The van der Waals surface area contributed by atoms with Crippen molar-refractivity contribution in [3.8, 4) is 17.0 Å². The molecular weight excluding hydrogens is 338 g/mol. The van der Waals surface area contributed by atoms with Gasteiger partial charge in [-0.25, -0.2) is 4.98 Å². The zero-order valence-electron chi connectivity index (χ0n) is 15.1. The highest BCUT2D eigenvalue weighted by Gasteiger charge is 2.21. The second-order valence-electron chi connectivity index (χ2n) is 6.30. The molecule has 0 amide bonds. The zero-order valence-corrected chi connectivity index (χ0v) is 15.1. The van der Waals surface area contributed by atoms with E-state index in [0.29, 0.717) is 17.0 Å². The van der Waals surface area contributed by atoms with Crippen molar-refractivity contribution in [3.05, 3.63) is 83.9 Å². The van der Waals surface area contributed by atoms with E-state index in [9.17, 15) is 5.11 Å². The van der Waals surface area contributed by atoms with Crippen molar-refractivity contribution in [3.63, 3.8) is 0 Å². The number of aryl methyl sites for hydroxylation is 1. The number of aliphatic hydroxyl groups excluding tert-OH is 1. The van der Waals surface area contributed by atoms with Crippen molar-refractivity contribution < 1.29 is 9.84 Å². The Kier molecular flexibility index (Phi) is 4.52. The van der Waals surface area contributed by atoms with Gasteiger partial charge in [0.25, 0.3) is 0 Å². The first-order valence-electron chi connectivity index (χ1n) is 8.66. The summed E-state index contributed by atoms with van der Waals surface area (Å²) in [6.45, 7) is 1.95. The number of fused-ring (bicyclic) bond motifs is 1. The van der Waals surface area contributed by atoms with Crippen LogP contribution in [0.25, 0.3) is 22.2 Å². The summed E-state index contributed by atoms with van der Waals surface area (Å²) in [5, 5.41) is 12.0. The minimum absolute atomic E-state index is 0.552. The Morgan fingerprint density at radius 2 is 1.81 bits per heavy atom. The number of hydrogen-bond donors (Lipinski definition) is 1. The Balaban J connectivity index is 1.94. The summed E-state index contributed by atoms with van der Waals surface area (Å²) < 4.78 is 5.53. The maximum absolute atomic E-state index is 11.2. The van der Waals surface area contributed by atoms with Gasteiger partial charge in [0.1, 0.15) is 11.9 Å². The van der Waals surface area contributed by atoms with E-state index in [1.807, 2.05) is 55.5 Å². The van der Waals surface area contributed by atoms with Crippen LogP contribution in [0, 0.1) is 6.92 Å². The van der Waals surface area contributed by atoms with Gasteiger partial charge in [-0.15, -0.1) is 0 Å². The maximum Gasteiger partial charge on any atom is 0.127 e. The van der Waals surface area contributed by atoms with Gasteiger partial charge in [-0.3, -0.25) is 9.97 Å². The second kappa shape index (κ2) is 7.13. The van der Waals surface area contributed by atoms with E-state index in [4.69, 9.17) is 9.72 Å². The molecule has 5 nitrogen and oxygen atoms in total. The molecule has 0 aliphatic carbocycles. The molecule has 27 heavy (non-hydrogen) atoms. The van der Waals surface area contributed by atoms with E-state index >= 15 is 0 Å². The first kappa shape index (κ1) is 17.1. The normalized spacial score (nSPS) is 12.1. The number of aliphatic hydroxyl groups is 1. The summed E-state index contributed by atoms with van der Waals surface area (Å²) >= 11 is 0. The molecule has 0 aliphatic heterocycles. The monoisotopic (exact) mass is 357 g/mol. The number of pyridine rings is 3. The maximum atomic E-state index is 11.2. The Morgan fingerprint density at radius 1 is 1.00 bits per heavy atom. The molecular formula is C22H19N3O2. The van der Waals surface area contributed by atoms with E-state index in [-0.39, 0.29) is 0 Å². The Hall–Kier alpha value is -3.31. The first-order valence-corrected chi connectivity index (χ1v) is 8.66. The number of hydrogen-bond acceptors (Lipinski definition) is 5. The lowest BCUT2D eigenvalue weighted by Gasteiger charge is -2.18. The van der Waals surface area contributed by atoms with Crippen LogP contribution in [-0.4, -0.2) is 27.2 Å². The van der Waals surface area contributed by atoms with Crippen molar-refractivity contribution in [2.75, 3.05) is 7.11 Å². The molecule has 0 unspecified atom stereocenters. The van der Waals surface area contributed by atoms with Crippen molar-refractivity contribution in [2.24, 2.45) is 0 Å². The fraction of sp³-hybridized carbons (Fsp3) is 0.136. The van der Waals surface area contributed by atoms with Crippen molar-refractivity contribution in [1.29, 1.82) is 0 Å². The van der Waals surface area contributed by atoms with Gasteiger partial charge in [0.15, 0.2) is 0 Å². The lowest BCUT2D eigenvalue weighted by atomic mass is 9.98. The number of ether oxygens (including phenoxy) is 1. The largest absolute Gasteiger partial charge is 0.496 e. The summed E-state index contributed by atoms with van der Waals surface area (Å²) in [5.41, 5.74) is 4.63. The third-order valence-electron chi connectivity index (χ3n) is 4.60. The molecule has 1 aromatic carbocycles. The Bertz CT molecular complexity index is 1100. The third kappa shape index (κ3) is 3.13.